The zero-order valence-electron chi connectivity index (χ0n) is 14.2. The fourth-order valence-corrected chi connectivity index (χ4v) is 2.81. The van der Waals surface area contributed by atoms with Crippen molar-refractivity contribution in [1.29, 1.82) is 0 Å². The van der Waals surface area contributed by atoms with Gasteiger partial charge in [0.05, 0.1) is 13.2 Å². The lowest BCUT2D eigenvalue weighted by molar-refractivity contribution is 0.304. The Kier molecular flexibility index (Phi) is 7.54. The van der Waals surface area contributed by atoms with Crippen molar-refractivity contribution in [2.75, 3.05) is 19.1 Å². The summed E-state index contributed by atoms with van der Waals surface area (Å²) in [5.41, 5.74) is 1.13. The number of ether oxygens (including phenoxy) is 2. The van der Waals surface area contributed by atoms with Crippen molar-refractivity contribution in [3.63, 3.8) is 0 Å². The third-order valence-corrected chi connectivity index (χ3v) is 4.19. The monoisotopic (exact) mass is 334 g/mol. The minimum absolute atomic E-state index is 0.621. The zero-order chi connectivity index (χ0) is 16.5. The van der Waals surface area contributed by atoms with Gasteiger partial charge in [0, 0.05) is 16.7 Å². The van der Waals surface area contributed by atoms with E-state index in [0.717, 1.165) is 47.3 Å². The van der Waals surface area contributed by atoms with Crippen LogP contribution in [0.1, 0.15) is 44.6 Å². The molecule has 0 amide bonds. The molecule has 2 aromatic rings. The maximum absolute atomic E-state index is 6.10. The number of fused-ring (bicyclic) bond motifs is 1. The van der Waals surface area contributed by atoms with Gasteiger partial charge >= 0.3 is 0 Å². The summed E-state index contributed by atoms with van der Waals surface area (Å²) in [6.07, 6.45) is 5.71. The summed E-state index contributed by atoms with van der Waals surface area (Å²) in [5, 5.41) is 2.24. The molecule has 0 saturated carbocycles. The van der Waals surface area contributed by atoms with Crippen LogP contribution >= 0.6 is 11.6 Å². The lowest BCUT2D eigenvalue weighted by atomic mass is 10.0. The van der Waals surface area contributed by atoms with Gasteiger partial charge in [0.25, 0.3) is 0 Å². The van der Waals surface area contributed by atoms with E-state index >= 15 is 0 Å². The molecule has 0 radical (unpaired) electrons. The molecule has 0 heterocycles. The molecule has 0 aliphatic rings. The Bertz CT molecular complexity index is 610. The molecular formula is C20H27ClO2. The van der Waals surface area contributed by atoms with Gasteiger partial charge < -0.3 is 9.47 Å². The molecule has 0 fully saturated rings. The van der Waals surface area contributed by atoms with Crippen molar-refractivity contribution in [3.8, 4) is 11.5 Å². The predicted octanol–water partition coefficient (Wildman–Crippen LogP) is 6.12. The fourth-order valence-electron chi connectivity index (χ4n) is 2.70. The predicted molar refractivity (Wildman–Crippen MR) is 99.2 cm³/mol. The molecule has 3 heteroatoms. The lowest BCUT2D eigenvalue weighted by Gasteiger charge is -2.16. The minimum atomic E-state index is 0.621. The van der Waals surface area contributed by atoms with Gasteiger partial charge in [0.15, 0.2) is 0 Å². The molecule has 0 unspecified atom stereocenters. The Balaban J connectivity index is 2.17. The first-order valence-electron chi connectivity index (χ1n) is 8.61. The first-order chi connectivity index (χ1) is 11.3. The molecule has 2 aromatic carbocycles. The maximum atomic E-state index is 6.10. The van der Waals surface area contributed by atoms with E-state index < -0.39 is 0 Å². The van der Waals surface area contributed by atoms with Gasteiger partial charge in [-0.05, 0) is 31.4 Å². The number of aryl methyl sites for hydroxylation is 1. The maximum Gasteiger partial charge on any atom is 0.130 e. The number of benzene rings is 2. The summed E-state index contributed by atoms with van der Waals surface area (Å²) in [7, 11) is 0. The molecule has 2 rings (SSSR count). The van der Waals surface area contributed by atoms with Crippen molar-refractivity contribution < 1.29 is 9.47 Å². The smallest absolute Gasteiger partial charge is 0.130 e. The van der Waals surface area contributed by atoms with E-state index in [9.17, 15) is 0 Å². The lowest BCUT2D eigenvalue weighted by Crippen LogP contribution is -2.02. The highest BCUT2D eigenvalue weighted by Crippen LogP contribution is 2.36. The summed E-state index contributed by atoms with van der Waals surface area (Å²) >= 11 is 5.74. The summed E-state index contributed by atoms with van der Waals surface area (Å²) in [5.74, 6) is 2.53. The van der Waals surface area contributed by atoms with Crippen molar-refractivity contribution in [1.82, 2.24) is 0 Å². The second kappa shape index (κ2) is 9.67. The highest BCUT2D eigenvalue weighted by Gasteiger charge is 2.11. The Hall–Kier alpha value is -1.41. The number of halogens is 1. The van der Waals surface area contributed by atoms with Gasteiger partial charge in [-0.2, -0.15) is 0 Å². The number of unbranched alkanes of at least 4 members (excludes halogenated alkanes) is 3. The van der Waals surface area contributed by atoms with E-state index in [-0.39, 0.29) is 0 Å². The molecule has 0 aromatic heterocycles. The molecule has 0 saturated heterocycles. The van der Waals surface area contributed by atoms with E-state index in [0.29, 0.717) is 12.5 Å². The van der Waals surface area contributed by atoms with Crippen LogP contribution in [0.5, 0.6) is 11.5 Å². The van der Waals surface area contributed by atoms with Gasteiger partial charge in [-0.1, -0.05) is 50.5 Å². The van der Waals surface area contributed by atoms with Gasteiger partial charge in [0.2, 0.25) is 0 Å². The van der Waals surface area contributed by atoms with Crippen molar-refractivity contribution in [2.45, 2.75) is 46.0 Å². The van der Waals surface area contributed by atoms with Gasteiger partial charge in [-0.15, -0.1) is 11.6 Å². The fraction of sp³-hybridized carbons (Fsp3) is 0.500. The summed E-state index contributed by atoms with van der Waals surface area (Å²) in [6.45, 7) is 5.73. The van der Waals surface area contributed by atoms with Crippen LogP contribution in [0.4, 0.5) is 0 Å². The van der Waals surface area contributed by atoms with Crippen LogP contribution in [0.2, 0.25) is 0 Å². The molecule has 0 bridgehead atoms. The highest BCUT2D eigenvalue weighted by atomic mass is 35.5. The Morgan fingerprint density at radius 1 is 0.913 bits per heavy atom. The normalized spacial score (nSPS) is 10.9. The second-order valence-electron chi connectivity index (χ2n) is 5.87. The molecule has 0 aliphatic heterocycles. The number of hydrogen-bond donors (Lipinski definition) is 0. The van der Waals surface area contributed by atoms with Crippen LogP contribution in [-0.4, -0.2) is 19.1 Å². The second-order valence-corrected chi connectivity index (χ2v) is 6.24. The molecular weight excluding hydrogens is 308 g/mol. The van der Waals surface area contributed by atoms with E-state index in [4.69, 9.17) is 21.1 Å². The van der Waals surface area contributed by atoms with E-state index in [1.807, 2.05) is 12.1 Å². The number of hydrogen-bond acceptors (Lipinski definition) is 2. The highest BCUT2D eigenvalue weighted by molar-refractivity contribution is 6.17. The van der Waals surface area contributed by atoms with Crippen LogP contribution < -0.4 is 9.47 Å². The van der Waals surface area contributed by atoms with Gasteiger partial charge in [0.1, 0.15) is 11.5 Å². The molecule has 0 N–H and O–H groups in total. The molecule has 2 nitrogen and oxygen atoms in total. The van der Waals surface area contributed by atoms with Crippen LogP contribution in [0.3, 0.4) is 0 Å². The van der Waals surface area contributed by atoms with Gasteiger partial charge in [-0.25, -0.2) is 0 Å². The summed E-state index contributed by atoms with van der Waals surface area (Å²) < 4.78 is 12.0. The van der Waals surface area contributed by atoms with Crippen molar-refractivity contribution in [2.24, 2.45) is 0 Å². The molecule has 0 atom stereocenters. The number of alkyl halides is 1. The van der Waals surface area contributed by atoms with E-state index in [1.165, 1.54) is 19.3 Å². The summed E-state index contributed by atoms with van der Waals surface area (Å²) in [6, 6.07) is 10.4. The molecule has 0 aliphatic carbocycles. The molecule has 126 valence electrons. The Morgan fingerprint density at radius 2 is 1.65 bits per heavy atom. The van der Waals surface area contributed by atoms with Crippen LogP contribution in [0, 0.1) is 6.92 Å². The topological polar surface area (TPSA) is 18.5 Å². The minimum Gasteiger partial charge on any atom is -0.493 e. The third kappa shape index (κ3) is 5.04. The zero-order valence-corrected chi connectivity index (χ0v) is 15.0. The largest absolute Gasteiger partial charge is 0.493 e. The average Bonchev–Trinajstić information content (AvgIpc) is 2.57. The average molecular weight is 335 g/mol. The Morgan fingerprint density at radius 3 is 2.39 bits per heavy atom. The molecule has 23 heavy (non-hydrogen) atoms. The number of rotatable bonds is 10. The first-order valence-corrected chi connectivity index (χ1v) is 9.15. The Labute approximate surface area is 144 Å². The standard InChI is InChI=1S/C20H27ClO2/c1-3-4-5-8-13-23-20-16(2)15-19(22-14-9-12-21)17-10-6-7-11-18(17)20/h6-7,10-11,15H,3-5,8-9,12-14H2,1-2H3. The quantitative estimate of drug-likeness (QED) is 0.385. The SMILES string of the molecule is CCCCCCOc1c(C)cc(OCCCCl)c2ccccc12. The first kappa shape index (κ1) is 17.9. The van der Waals surface area contributed by atoms with Crippen LogP contribution in [0.15, 0.2) is 30.3 Å². The molecule has 0 spiro atoms. The van der Waals surface area contributed by atoms with Crippen molar-refractivity contribution >= 4 is 22.4 Å². The summed E-state index contributed by atoms with van der Waals surface area (Å²) in [4.78, 5) is 0. The van der Waals surface area contributed by atoms with Crippen molar-refractivity contribution in [3.05, 3.63) is 35.9 Å². The van der Waals surface area contributed by atoms with Gasteiger partial charge in [-0.3, -0.25) is 0 Å². The van der Waals surface area contributed by atoms with E-state index in [1.54, 1.807) is 0 Å². The third-order valence-electron chi connectivity index (χ3n) is 3.92. The van der Waals surface area contributed by atoms with Crippen LogP contribution in [0.25, 0.3) is 10.8 Å². The van der Waals surface area contributed by atoms with Crippen LogP contribution in [-0.2, 0) is 0 Å². The van der Waals surface area contributed by atoms with E-state index in [2.05, 4.69) is 32.0 Å².